The van der Waals surface area contributed by atoms with Gasteiger partial charge >= 0.3 is 0 Å². The normalized spacial score (nSPS) is 10.9. The van der Waals surface area contributed by atoms with Gasteiger partial charge in [-0.15, -0.1) is 0 Å². The lowest BCUT2D eigenvalue weighted by molar-refractivity contribution is 0.630. The van der Waals surface area contributed by atoms with Crippen LogP contribution in [0.3, 0.4) is 0 Å². The molecule has 0 bridgehead atoms. The Morgan fingerprint density at radius 1 is 1.30 bits per heavy atom. The van der Waals surface area contributed by atoms with Crippen molar-refractivity contribution >= 4 is 17.4 Å². The van der Waals surface area contributed by atoms with E-state index >= 15 is 0 Å². The molecule has 2 rings (SSSR count). The quantitative estimate of drug-likeness (QED) is 0.670. The van der Waals surface area contributed by atoms with Crippen molar-refractivity contribution in [1.82, 2.24) is 9.97 Å². The van der Waals surface area contributed by atoms with E-state index in [0.29, 0.717) is 5.82 Å². The Morgan fingerprint density at radius 3 is 2.60 bits per heavy atom. The van der Waals surface area contributed by atoms with E-state index in [9.17, 15) is 4.39 Å². The second-order valence-corrected chi connectivity index (χ2v) is 5.20. The van der Waals surface area contributed by atoms with Gasteiger partial charge in [-0.3, -0.25) is 0 Å². The average Bonchev–Trinajstić information content (AvgIpc) is 2.40. The second-order valence-electron chi connectivity index (χ2n) is 4.80. The minimum atomic E-state index is -0.533. The summed E-state index contributed by atoms with van der Waals surface area (Å²) < 4.78 is 14.1. The maximum atomic E-state index is 14.1. The lowest BCUT2D eigenvalue weighted by atomic mass is 10.0. The molecule has 0 aliphatic heterocycles. The van der Waals surface area contributed by atoms with E-state index in [1.807, 2.05) is 20.8 Å². The van der Waals surface area contributed by atoms with Gasteiger partial charge in [0.05, 0.1) is 10.6 Å². The molecule has 0 amide bonds. The third-order valence-electron chi connectivity index (χ3n) is 3.04. The van der Waals surface area contributed by atoms with Crippen molar-refractivity contribution in [3.8, 4) is 11.4 Å². The molecule has 0 radical (unpaired) electrons. The largest absolute Gasteiger partial charge is 0.308 e. The van der Waals surface area contributed by atoms with E-state index in [-0.39, 0.29) is 22.3 Å². The SMILES string of the molecule is Cc1nc(-c2cccc(Cl)c2F)nc(NN)c1C(C)C. The molecule has 0 fully saturated rings. The topological polar surface area (TPSA) is 63.8 Å². The predicted molar refractivity (Wildman–Crippen MR) is 79.1 cm³/mol. The highest BCUT2D eigenvalue weighted by atomic mass is 35.5. The summed E-state index contributed by atoms with van der Waals surface area (Å²) in [7, 11) is 0. The first-order valence-corrected chi connectivity index (χ1v) is 6.63. The third-order valence-corrected chi connectivity index (χ3v) is 3.33. The summed E-state index contributed by atoms with van der Waals surface area (Å²) in [4.78, 5) is 8.67. The Labute approximate surface area is 122 Å². The molecule has 4 nitrogen and oxygen atoms in total. The van der Waals surface area contributed by atoms with Crippen LogP contribution in [0.2, 0.25) is 5.02 Å². The van der Waals surface area contributed by atoms with Gasteiger partial charge in [-0.05, 0) is 25.0 Å². The molecule has 0 aliphatic carbocycles. The van der Waals surface area contributed by atoms with Crippen LogP contribution in [0, 0.1) is 12.7 Å². The molecule has 0 saturated carbocycles. The van der Waals surface area contributed by atoms with Crippen molar-refractivity contribution < 1.29 is 4.39 Å². The molecule has 0 atom stereocenters. The number of hydrazine groups is 1. The van der Waals surface area contributed by atoms with Gasteiger partial charge in [0.2, 0.25) is 0 Å². The Hall–Kier alpha value is -1.72. The van der Waals surface area contributed by atoms with Crippen molar-refractivity contribution in [2.24, 2.45) is 5.84 Å². The fraction of sp³-hybridized carbons (Fsp3) is 0.286. The number of hydrogen-bond donors (Lipinski definition) is 2. The first kappa shape index (κ1) is 14.7. The van der Waals surface area contributed by atoms with Crippen molar-refractivity contribution in [2.75, 3.05) is 5.43 Å². The van der Waals surface area contributed by atoms with Gasteiger partial charge in [0, 0.05) is 11.3 Å². The van der Waals surface area contributed by atoms with E-state index in [1.54, 1.807) is 12.1 Å². The molecule has 2 aromatic rings. The van der Waals surface area contributed by atoms with Crippen LogP contribution in [0.1, 0.15) is 31.0 Å². The third kappa shape index (κ3) is 2.59. The minimum absolute atomic E-state index is 0.0407. The van der Waals surface area contributed by atoms with E-state index in [1.165, 1.54) is 6.07 Å². The summed E-state index contributed by atoms with van der Waals surface area (Å²) in [5.41, 5.74) is 4.49. The maximum Gasteiger partial charge on any atom is 0.164 e. The summed E-state index contributed by atoms with van der Waals surface area (Å²) in [6.07, 6.45) is 0. The smallest absolute Gasteiger partial charge is 0.164 e. The molecule has 1 heterocycles. The summed E-state index contributed by atoms with van der Waals surface area (Å²) in [5, 5.41) is 0.0407. The number of halogens is 2. The van der Waals surface area contributed by atoms with E-state index in [4.69, 9.17) is 17.4 Å². The fourth-order valence-corrected chi connectivity index (χ4v) is 2.35. The molecule has 20 heavy (non-hydrogen) atoms. The number of nitrogen functional groups attached to an aromatic ring is 1. The van der Waals surface area contributed by atoms with Gasteiger partial charge in [0.25, 0.3) is 0 Å². The van der Waals surface area contributed by atoms with Gasteiger partial charge in [0.1, 0.15) is 5.82 Å². The predicted octanol–water partition coefficient (Wildman–Crippen LogP) is 3.65. The highest BCUT2D eigenvalue weighted by Crippen LogP contribution is 2.30. The van der Waals surface area contributed by atoms with Gasteiger partial charge < -0.3 is 5.43 Å². The van der Waals surface area contributed by atoms with Crippen LogP contribution in [-0.2, 0) is 0 Å². The Balaban J connectivity index is 2.65. The lowest BCUT2D eigenvalue weighted by Gasteiger charge is -2.15. The number of hydrogen-bond acceptors (Lipinski definition) is 4. The van der Waals surface area contributed by atoms with Gasteiger partial charge in [-0.25, -0.2) is 20.2 Å². The Morgan fingerprint density at radius 2 is 2.00 bits per heavy atom. The summed E-state index contributed by atoms with van der Waals surface area (Å²) in [6, 6.07) is 4.73. The number of rotatable bonds is 3. The molecule has 6 heteroatoms. The summed E-state index contributed by atoms with van der Waals surface area (Å²) in [6.45, 7) is 5.89. The van der Waals surface area contributed by atoms with Crippen molar-refractivity contribution in [3.63, 3.8) is 0 Å². The molecule has 3 N–H and O–H groups in total. The molecule has 0 saturated heterocycles. The van der Waals surface area contributed by atoms with Crippen molar-refractivity contribution in [3.05, 3.63) is 40.3 Å². The van der Waals surface area contributed by atoms with Crippen LogP contribution in [0.4, 0.5) is 10.2 Å². The molecule has 0 aliphatic rings. The van der Waals surface area contributed by atoms with E-state index in [0.717, 1.165) is 11.3 Å². The van der Waals surface area contributed by atoms with Crippen LogP contribution < -0.4 is 11.3 Å². The van der Waals surface area contributed by atoms with Crippen LogP contribution in [0.25, 0.3) is 11.4 Å². The maximum absolute atomic E-state index is 14.1. The second kappa shape index (κ2) is 5.73. The zero-order chi connectivity index (χ0) is 14.9. The lowest BCUT2D eigenvalue weighted by Crippen LogP contribution is -2.15. The molecule has 0 unspecified atom stereocenters. The number of nitrogens with one attached hydrogen (secondary N) is 1. The zero-order valence-electron chi connectivity index (χ0n) is 11.5. The summed E-state index contributed by atoms with van der Waals surface area (Å²) >= 11 is 5.79. The monoisotopic (exact) mass is 294 g/mol. The highest BCUT2D eigenvalue weighted by molar-refractivity contribution is 6.31. The minimum Gasteiger partial charge on any atom is -0.308 e. The first-order valence-electron chi connectivity index (χ1n) is 6.25. The first-order chi connectivity index (χ1) is 9.45. The number of aromatic nitrogens is 2. The van der Waals surface area contributed by atoms with Gasteiger partial charge in [-0.2, -0.15) is 0 Å². The molecule has 1 aromatic heterocycles. The molecular weight excluding hydrogens is 279 g/mol. The van der Waals surface area contributed by atoms with Crippen molar-refractivity contribution in [2.45, 2.75) is 26.7 Å². The van der Waals surface area contributed by atoms with Crippen LogP contribution in [0.5, 0.6) is 0 Å². The van der Waals surface area contributed by atoms with Crippen LogP contribution >= 0.6 is 11.6 Å². The van der Waals surface area contributed by atoms with Gasteiger partial charge in [-0.1, -0.05) is 31.5 Å². The highest BCUT2D eigenvalue weighted by Gasteiger charge is 2.17. The molecule has 1 aromatic carbocycles. The number of aryl methyl sites for hydroxylation is 1. The fourth-order valence-electron chi connectivity index (χ4n) is 2.18. The average molecular weight is 295 g/mol. The molecular formula is C14H16ClFN4. The number of nitrogens with zero attached hydrogens (tertiary/aromatic N) is 2. The number of anilines is 1. The zero-order valence-corrected chi connectivity index (χ0v) is 12.3. The molecule has 0 spiro atoms. The van der Waals surface area contributed by atoms with Crippen LogP contribution in [0.15, 0.2) is 18.2 Å². The standard InChI is InChI=1S/C14H16ClFN4/c1-7(2)11-8(3)18-13(19-14(11)20-17)9-5-4-6-10(15)12(9)16/h4-7H,17H2,1-3H3,(H,18,19,20). The van der Waals surface area contributed by atoms with Crippen molar-refractivity contribution in [1.29, 1.82) is 0 Å². The van der Waals surface area contributed by atoms with Gasteiger partial charge in [0.15, 0.2) is 11.6 Å². The van der Waals surface area contributed by atoms with E-state index < -0.39 is 5.82 Å². The summed E-state index contributed by atoms with van der Waals surface area (Å²) in [5.74, 6) is 5.95. The Kier molecular flexibility index (Phi) is 4.20. The Bertz CT molecular complexity index is 643. The number of benzene rings is 1. The molecule has 106 valence electrons. The number of nitrogens with two attached hydrogens (primary N) is 1. The van der Waals surface area contributed by atoms with Crippen LogP contribution in [-0.4, -0.2) is 9.97 Å². The van der Waals surface area contributed by atoms with E-state index in [2.05, 4.69) is 15.4 Å².